The van der Waals surface area contributed by atoms with Crippen molar-refractivity contribution in [3.05, 3.63) is 29.8 Å². The smallest absolute Gasteiger partial charge is 0.446 e. The van der Waals surface area contributed by atoms with Crippen molar-refractivity contribution in [3.8, 4) is 0 Å². The highest BCUT2D eigenvalue weighted by Crippen LogP contribution is 2.38. The van der Waals surface area contributed by atoms with E-state index < -0.39 is 23.3 Å². The van der Waals surface area contributed by atoms with Crippen LogP contribution in [0.1, 0.15) is 23.7 Å². The van der Waals surface area contributed by atoms with Crippen molar-refractivity contribution in [3.63, 3.8) is 0 Å². The summed E-state index contributed by atoms with van der Waals surface area (Å²) in [5, 5.41) is 11.2. The van der Waals surface area contributed by atoms with Gasteiger partial charge in [-0.3, -0.25) is 9.59 Å². The van der Waals surface area contributed by atoms with Gasteiger partial charge in [-0.1, -0.05) is 19.1 Å². The van der Waals surface area contributed by atoms with Crippen LogP contribution in [-0.2, 0) is 4.79 Å². The highest BCUT2D eigenvalue weighted by molar-refractivity contribution is 8.00. The SMILES string of the molecule is CCC(CNC(=O)c1ccccc1SC(F)(F)F)C(=O)O. The molecular formula is C13H14F3NO3S. The molecule has 0 spiro atoms. The molecule has 116 valence electrons. The van der Waals surface area contributed by atoms with E-state index in [9.17, 15) is 22.8 Å². The molecule has 0 aliphatic carbocycles. The molecule has 2 N–H and O–H groups in total. The van der Waals surface area contributed by atoms with Gasteiger partial charge in [-0.05, 0) is 30.3 Å². The van der Waals surface area contributed by atoms with Crippen LogP contribution >= 0.6 is 11.8 Å². The van der Waals surface area contributed by atoms with E-state index in [1.54, 1.807) is 6.92 Å². The Morgan fingerprint density at radius 2 is 1.95 bits per heavy atom. The number of amides is 1. The zero-order chi connectivity index (χ0) is 16.0. The van der Waals surface area contributed by atoms with Crippen LogP contribution in [0, 0.1) is 5.92 Å². The molecule has 8 heteroatoms. The Morgan fingerprint density at radius 3 is 2.48 bits per heavy atom. The first kappa shape index (κ1) is 17.4. The minimum atomic E-state index is -4.50. The Balaban J connectivity index is 2.81. The average Bonchev–Trinajstić information content (AvgIpc) is 2.37. The second-order valence-corrected chi connectivity index (χ2v) is 5.30. The number of halogens is 3. The minimum absolute atomic E-state index is 0.125. The van der Waals surface area contributed by atoms with Crippen LogP contribution in [0.15, 0.2) is 29.2 Å². The Bertz CT molecular complexity index is 520. The summed E-state index contributed by atoms with van der Waals surface area (Å²) in [6, 6.07) is 5.31. The first-order valence-electron chi connectivity index (χ1n) is 6.10. The third kappa shape index (κ3) is 5.66. The molecule has 1 aromatic rings. The van der Waals surface area contributed by atoms with Crippen LogP contribution in [0.4, 0.5) is 13.2 Å². The van der Waals surface area contributed by atoms with Gasteiger partial charge in [-0.25, -0.2) is 0 Å². The van der Waals surface area contributed by atoms with Crippen molar-refractivity contribution >= 4 is 23.6 Å². The van der Waals surface area contributed by atoms with Crippen LogP contribution in [0.25, 0.3) is 0 Å². The molecule has 0 radical (unpaired) electrons. The van der Waals surface area contributed by atoms with E-state index in [0.29, 0.717) is 6.42 Å². The number of nitrogens with one attached hydrogen (secondary N) is 1. The maximum absolute atomic E-state index is 12.4. The zero-order valence-corrected chi connectivity index (χ0v) is 11.9. The summed E-state index contributed by atoms with van der Waals surface area (Å²) in [4.78, 5) is 22.5. The van der Waals surface area contributed by atoms with Gasteiger partial charge < -0.3 is 10.4 Å². The van der Waals surface area contributed by atoms with E-state index in [1.807, 2.05) is 0 Å². The molecule has 0 aliphatic rings. The van der Waals surface area contributed by atoms with Gasteiger partial charge in [-0.15, -0.1) is 0 Å². The predicted octanol–water partition coefficient (Wildman–Crippen LogP) is 3.14. The summed E-state index contributed by atoms with van der Waals surface area (Å²) in [7, 11) is 0. The molecule has 0 fully saturated rings. The predicted molar refractivity (Wildman–Crippen MR) is 72.1 cm³/mol. The Kier molecular flexibility index (Phi) is 6.07. The number of carbonyl (C=O) groups excluding carboxylic acids is 1. The Hall–Kier alpha value is -1.70. The lowest BCUT2D eigenvalue weighted by Crippen LogP contribution is -2.33. The number of hydrogen-bond donors (Lipinski definition) is 2. The normalized spacial score (nSPS) is 12.8. The minimum Gasteiger partial charge on any atom is -0.481 e. The summed E-state index contributed by atoms with van der Waals surface area (Å²) in [5.41, 5.74) is -4.62. The van der Waals surface area contributed by atoms with Gasteiger partial charge in [0.05, 0.1) is 11.5 Å². The van der Waals surface area contributed by atoms with Crippen molar-refractivity contribution in [2.75, 3.05) is 6.54 Å². The van der Waals surface area contributed by atoms with Crippen LogP contribution in [0.2, 0.25) is 0 Å². The van der Waals surface area contributed by atoms with Crippen molar-refractivity contribution in [1.29, 1.82) is 0 Å². The lowest BCUT2D eigenvalue weighted by atomic mass is 10.1. The van der Waals surface area contributed by atoms with Crippen molar-refractivity contribution < 1.29 is 27.9 Å². The fourth-order valence-electron chi connectivity index (χ4n) is 1.59. The number of benzene rings is 1. The number of hydrogen-bond acceptors (Lipinski definition) is 3. The number of carboxylic acid groups (broad SMARTS) is 1. The van der Waals surface area contributed by atoms with E-state index in [-0.39, 0.29) is 28.8 Å². The number of carboxylic acids is 1. The largest absolute Gasteiger partial charge is 0.481 e. The standard InChI is InChI=1S/C13H14F3NO3S/c1-2-8(12(19)20)7-17-11(18)9-5-3-4-6-10(9)21-13(14,15)16/h3-6,8H,2,7H2,1H3,(H,17,18)(H,19,20). The third-order valence-electron chi connectivity index (χ3n) is 2.71. The van der Waals surface area contributed by atoms with Crippen molar-refractivity contribution in [1.82, 2.24) is 5.32 Å². The molecule has 4 nitrogen and oxygen atoms in total. The third-order valence-corrected chi connectivity index (χ3v) is 3.52. The maximum Gasteiger partial charge on any atom is 0.446 e. The molecule has 1 rings (SSSR count). The molecule has 1 amide bonds. The summed E-state index contributed by atoms with van der Waals surface area (Å²) < 4.78 is 37.2. The Labute approximate surface area is 123 Å². The quantitative estimate of drug-likeness (QED) is 0.790. The molecule has 0 aromatic heterocycles. The van der Waals surface area contributed by atoms with Gasteiger partial charge in [0.1, 0.15) is 0 Å². The molecule has 1 aromatic carbocycles. The fraction of sp³-hybridized carbons (Fsp3) is 0.385. The van der Waals surface area contributed by atoms with Gasteiger partial charge in [0.2, 0.25) is 0 Å². The summed E-state index contributed by atoms with van der Waals surface area (Å²) in [6.45, 7) is 1.52. The van der Waals surface area contributed by atoms with Gasteiger partial charge in [-0.2, -0.15) is 13.2 Å². The summed E-state index contributed by atoms with van der Waals surface area (Å²) in [6.07, 6.45) is 0.314. The van der Waals surface area contributed by atoms with E-state index >= 15 is 0 Å². The highest BCUT2D eigenvalue weighted by atomic mass is 32.2. The molecule has 1 unspecified atom stereocenters. The van der Waals surface area contributed by atoms with Gasteiger partial charge in [0, 0.05) is 11.4 Å². The van der Waals surface area contributed by atoms with Crippen LogP contribution in [0.3, 0.4) is 0 Å². The molecule has 21 heavy (non-hydrogen) atoms. The highest BCUT2D eigenvalue weighted by Gasteiger charge is 2.31. The summed E-state index contributed by atoms with van der Waals surface area (Å²) >= 11 is -0.375. The second-order valence-electron chi connectivity index (χ2n) is 4.20. The van der Waals surface area contributed by atoms with Gasteiger partial charge in [0.15, 0.2) is 0 Å². The molecule has 0 saturated heterocycles. The summed E-state index contributed by atoms with van der Waals surface area (Å²) in [5.74, 6) is -2.55. The topological polar surface area (TPSA) is 66.4 Å². The van der Waals surface area contributed by atoms with Crippen LogP contribution in [-0.4, -0.2) is 29.0 Å². The van der Waals surface area contributed by atoms with Gasteiger partial charge in [0.25, 0.3) is 5.91 Å². The number of thioether (sulfide) groups is 1. The van der Waals surface area contributed by atoms with Crippen LogP contribution < -0.4 is 5.32 Å². The molecule has 0 saturated carbocycles. The number of alkyl halides is 3. The van der Waals surface area contributed by atoms with E-state index in [0.717, 1.165) is 0 Å². The molecule has 0 aliphatic heterocycles. The van der Waals surface area contributed by atoms with E-state index in [2.05, 4.69) is 5.32 Å². The first-order chi connectivity index (χ1) is 9.74. The average molecular weight is 321 g/mol. The second kappa shape index (κ2) is 7.35. The lowest BCUT2D eigenvalue weighted by molar-refractivity contribution is -0.141. The molecular weight excluding hydrogens is 307 g/mol. The van der Waals surface area contributed by atoms with Crippen LogP contribution in [0.5, 0.6) is 0 Å². The molecule has 0 bridgehead atoms. The van der Waals surface area contributed by atoms with E-state index in [1.165, 1.54) is 24.3 Å². The monoisotopic (exact) mass is 321 g/mol. The Morgan fingerprint density at radius 1 is 1.33 bits per heavy atom. The maximum atomic E-state index is 12.4. The first-order valence-corrected chi connectivity index (χ1v) is 6.92. The fourth-order valence-corrected chi connectivity index (χ4v) is 2.25. The number of aliphatic carboxylic acids is 1. The lowest BCUT2D eigenvalue weighted by Gasteiger charge is -2.13. The van der Waals surface area contributed by atoms with Crippen molar-refractivity contribution in [2.45, 2.75) is 23.7 Å². The van der Waals surface area contributed by atoms with Crippen molar-refractivity contribution in [2.24, 2.45) is 5.92 Å². The molecule has 1 atom stereocenters. The number of carbonyl (C=O) groups is 2. The van der Waals surface area contributed by atoms with Gasteiger partial charge >= 0.3 is 11.5 Å². The number of rotatable bonds is 6. The van der Waals surface area contributed by atoms with E-state index in [4.69, 9.17) is 5.11 Å². The molecule has 0 heterocycles. The zero-order valence-electron chi connectivity index (χ0n) is 11.1.